The van der Waals surface area contributed by atoms with Crippen LogP contribution in [0.2, 0.25) is 10.0 Å². The Labute approximate surface area is 145 Å². The van der Waals surface area contributed by atoms with Gasteiger partial charge in [-0.3, -0.25) is 4.90 Å². The van der Waals surface area contributed by atoms with Crippen molar-refractivity contribution in [1.82, 2.24) is 10.2 Å². The van der Waals surface area contributed by atoms with Crippen LogP contribution < -0.4 is 10.2 Å². The second kappa shape index (κ2) is 7.75. The van der Waals surface area contributed by atoms with Gasteiger partial charge in [0, 0.05) is 18.8 Å². The van der Waals surface area contributed by atoms with Crippen molar-refractivity contribution in [1.29, 1.82) is 0 Å². The van der Waals surface area contributed by atoms with Crippen molar-refractivity contribution in [2.45, 2.75) is 20.0 Å². The molecule has 1 unspecified atom stereocenters. The highest BCUT2D eigenvalue weighted by molar-refractivity contribution is 6.42. The first kappa shape index (κ1) is 17.7. The fraction of sp³-hybridized carbons (Fsp3) is 0.467. The number of carbonyl (C=O) groups is 2. The second-order valence-electron chi connectivity index (χ2n) is 5.07. The molecule has 1 aliphatic rings. The molecule has 0 aromatic heterocycles. The highest BCUT2D eigenvalue weighted by Gasteiger charge is 2.32. The minimum Gasteiger partial charge on any atom is -0.442 e. The molecule has 2 rings (SSSR count). The summed E-state index contributed by atoms with van der Waals surface area (Å²) in [4.78, 5) is 27.0. The molecule has 23 heavy (non-hydrogen) atoms. The van der Waals surface area contributed by atoms with E-state index in [0.29, 0.717) is 35.4 Å². The molecule has 3 amide bonds. The van der Waals surface area contributed by atoms with E-state index in [1.54, 1.807) is 23.1 Å². The van der Waals surface area contributed by atoms with Gasteiger partial charge in [0.25, 0.3) is 0 Å². The zero-order valence-corrected chi connectivity index (χ0v) is 14.5. The normalized spacial score (nSPS) is 17.1. The quantitative estimate of drug-likeness (QED) is 0.876. The third-order valence-corrected chi connectivity index (χ3v) is 4.36. The van der Waals surface area contributed by atoms with Gasteiger partial charge in [-0.2, -0.15) is 0 Å². The Morgan fingerprint density at radius 2 is 2.04 bits per heavy atom. The summed E-state index contributed by atoms with van der Waals surface area (Å²) in [5.74, 6) is 0. The number of nitrogens with one attached hydrogen (secondary N) is 1. The van der Waals surface area contributed by atoms with Gasteiger partial charge in [0.1, 0.15) is 6.10 Å². The van der Waals surface area contributed by atoms with Crippen LogP contribution in [0, 0.1) is 0 Å². The molecule has 0 radical (unpaired) electrons. The second-order valence-corrected chi connectivity index (χ2v) is 5.89. The molecule has 1 saturated heterocycles. The molecule has 0 bridgehead atoms. The summed E-state index contributed by atoms with van der Waals surface area (Å²) in [7, 11) is 0. The highest BCUT2D eigenvalue weighted by atomic mass is 35.5. The number of benzene rings is 1. The largest absolute Gasteiger partial charge is 0.442 e. The Balaban J connectivity index is 1.94. The monoisotopic (exact) mass is 359 g/mol. The summed E-state index contributed by atoms with van der Waals surface area (Å²) in [5.41, 5.74) is 0.613. The summed E-state index contributed by atoms with van der Waals surface area (Å²) >= 11 is 11.8. The maximum Gasteiger partial charge on any atom is 0.414 e. The van der Waals surface area contributed by atoms with Crippen LogP contribution in [-0.4, -0.2) is 49.3 Å². The predicted octanol–water partition coefficient (Wildman–Crippen LogP) is 3.37. The van der Waals surface area contributed by atoms with Gasteiger partial charge in [0.05, 0.1) is 23.1 Å². The van der Waals surface area contributed by atoms with E-state index in [4.69, 9.17) is 27.9 Å². The van der Waals surface area contributed by atoms with Crippen molar-refractivity contribution in [3.8, 4) is 0 Å². The van der Waals surface area contributed by atoms with E-state index in [0.717, 1.165) is 0 Å². The Bertz CT molecular complexity index is 593. The summed E-state index contributed by atoms with van der Waals surface area (Å²) in [5, 5.41) is 3.57. The highest BCUT2D eigenvalue weighted by Crippen LogP contribution is 2.29. The van der Waals surface area contributed by atoms with Crippen molar-refractivity contribution in [3.05, 3.63) is 28.2 Å². The van der Waals surface area contributed by atoms with Gasteiger partial charge in [-0.15, -0.1) is 0 Å². The number of amides is 3. The van der Waals surface area contributed by atoms with Crippen LogP contribution >= 0.6 is 23.2 Å². The predicted molar refractivity (Wildman–Crippen MR) is 90.4 cm³/mol. The molecule has 1 atom stereocenters. The molecule has 1 N–H and O–H groups in total. The van der Waals surface area contributed by atoms with Crippen LogP contribution in [0.1, 0.15) is 13.8 Å². The van der Waals surface area contributed by atoms with Gasteiger partial charge in [-0.25, -0.2) is 9.59 Å². The number of urea groups is 1. The number of hydrogen-bond acceptors (Lipinski definition) is 3. The molecule has 126 valence electrons. The molecular formula is C15H19Cl2N3O3. The molecule has 0 saturated carbocycles. The number of anilines is 1. The van der Waals surface area contributed by atoms with E-state index in [1.807, 2.05) is 13.8 Å². The Morgan fingerprint density at radius 3 is 2.65 bits per heavy atom. The van der Waals surface area contributed by atoms with Crippen LogP contribution in [0.4, 0.5) is 15.3 Å². The lowest BCUT2D eigenvalue weighted by molar-refractivity contribution is 0.138. The van der Waals surface area contributed by atoms with Crippen molar-refractivity contribution in [3.63, 3.8) is 0 Å². The summed E-state index contributed by atoms with van der Waals surface area (Å²) < 4.78 is 5.27. The first-order valence-corrected chi connectivity index (χ1v) is 8.17. The molecule has 8 heteroatoms. The molecular weight excluding hydrogens is 341 g/mol. The number of ether oxygens (including phenoxy) is 1. The first-order chi connectivity index (χ1) is 11.0. The topological polar surface area (TPSA) is 61.9 Å². The van der Waals surface area contributed by atoms with Gasteiger partial charge in [-0.05, 0) is 32.0 Å². The van der Waals surface area contributed by atoms with Crippen molar-refractivity contribution >= 4 is 41.0 Å². The number of carbonyl (C=O) groups excluding carboxylic acids is 2. The van der Waals surface area contributed by atoms with E-state index < -0.39 is 12.2 Å². The number of halogens is 2. The minimum absolute atomic E-state index is 0.168. The molecule has 6 nitrogen and oxygen atoms in total. The SMILES string of the molecule is CCN(CC)C(=O)NCC1CN(c2ccc(Cl)c(Cl)c2)C(=O)O1. The summed E-state index contributed by atoms with van der Waals surface area (Å²) in [6.45, 7) is 5.67. The lowest BCUT2D eigenvalue weighted by Crippen LogP contribution is -2.43. The van der Waals surface area contributed by atoms with Crippen LogP contribution in [-0.2, 0) is 4.74 Å². The summed E-state index contributed by atoms with van der Waals surface area (Å²) in [6, 6.07) is 4.77. The molecule has 1 aliphatic heterocycles. The maximum absolute atomic E-state index is 12.0. The van der Waals surface area contributed by atoms with E-state index >= 15 is 0 Å². The van der Waals surface area contributed by atoms with Gasteiger partial charge in [0.2, 0.25) is 0 Å². The number of cyclic esters (lactones) is 1. The van der Waals surface area contributed by atoms with E-state index in [-0.39, 0.29) is 12.6 Å². The van der Waals surface area contributed by atoms with Crippen molar-refractivity contribution in [2.24, 2.45) is 0 Å². The third-order valence-electron chi connectivity index (χ3n) is 3.62. The lowest BCUT2D eigenvalue weighted by Gasteiger charge is -2.20. The maximum atomic E-state index is 12.0. The van der Waals surface area contributed by atoms with Gasteiger partial charge < -0.3 is 15.0 Å². The minimum atomic E-state index is -0.467. The van der Waals surface area contributed by atoms with Crippen molar-refractivity contribution in [2.75, 3.05) is 31.1 Å². The average molecular weight is 360 g/mol. The molecule has 0 spiro atoms. The van der Waals surface area contributed by atoms with Crippen LogP contribution in [0.5, 0.6) is 0 Å². The fourth-order valence-corrected chi connectivity index (χ4v) is 2.61. The van der Waals surface area contributed by atoms with E-state index in [9.17, 15) is 9.59 Å². The smallest absolute Gasteiger partial charge is 0.414 e. The van der Waals surface area contributed by atoms with Crippen molar-refractivity contribution < 1.29 is 14.3 Å². The van der Waals surface area contributed by atoms with E-state index in [1.165, 1.54) is 4.90 Å². The molecule has 1 fully saturated rings. The zero-order chi connectivity index (χ0) is 17.0. The van der Waals surface area contributed by atoms with Gasteiger partial charge >= 0.3 is 12.1 Å². The van der Waals surface area contributed by atoms with Gasteiger partial charge in [-0.1, -0.05) is 23.2 Å². The standard InChI is InChI=1S/C15H19Cl2N3O3/c1-3-19(4-2)14(21)18-8-11-9-20(15(22)23-11)10-5-6-12(16)13(17)7-10/h5-7,11H,3-4,8-9H2,1-2H3,(H,18,21). The Hall–Kier alpha value is -1.66. The number of hydrogen-bond donors (Lipinski definition) is 1. The van der Waals surface area contributed by atoms with Crippen LogP contribution in [0.25, 0.3) is 0 Å². The molecule has 0 aliphatic carbocycles. The molecule has 1 aromatic carbocycles. The molecule has 1 heterocycles. The zero-order valence-electron chi connectivity index (χ0n) is 13.0. The summed E-state index contributed by atoms with van der Waals surface area (Å²) in [6.07, 6.45) is -0.873. The Kier molecular flexibility index (Phi) is 5.96. The first-order valence-electron chi connectivity index (χ1n) is 7.42. The molecule has 1 aromatic rings. The number of nitrogens with zero attached hydrogens (tertiary/aromatic N) is 2. The number of rotatable bonds is 5. The Morgan fingerprint density at radius 1 is 1.35 bits per heavy atom. The lowest BCUT2D eigenvalue weighted by atomic mass is 10.2. The van der Waals surface area contributed by atoms with Gasteiger partial charge in [0.15, 0.2) is 0 Å². The third kappa shape index (κ3) is 4.20. The van der Waals surface area contributed by atoms with Crippen LogP contribution in [0.3, 0.4) is 0 Å². The average Bonchev–Trinajstić information content (AvgIpc) is 2.90. The van der Waals surface area contributed by atoms with E-state index in [2.05, 4.69) is 5.32 Å². The van der Waals surface area contributed by atoms with Crippen LogP contribution in [0.15, 0.2) is 18.2 Å². The fourth-order valence-electron chi connectivity index (χ4n) is 2.32.